The topological polar surface area (TPSA) is 31.7 Å². The van der Waals surface area contributed by atoms with E-state index in [0.29, 0.717) is 0 Å². The number of thiazole rings is 1. The molecule has 4 heterocycles. The lowest BCUT2D eigenvalue weighted by Gasteiger charge is -2.40. The fraction of sp³-hybridized carbons (Fsp3) is 0.765. The van der Waals surface area contributed by atoms with E-state index in [1.54, 1.807) is 11.3 Å². The monoisotopic (exact) mass is 318 g/mol. The summed E-state index contributed by atoms with van der Waals surface area (Å²) < 4.78 is 0. The van der Waals surface area contributed by atoms with E-state index >= 15 is 0 Å². The highest BCUT2D eigenvalue weighted by Gasteiger charge is 2.27. The van der Waals surface area contributed by atoms with E-state index in [1.807, 2.05) is 0 Å². The molecule has 4 nitrogen and oxygen atoms in total. The van der Waals surface area contributed by atoms with Crippen LogP contribution in [0.25, 0.3) is 0 Å². The van der Waals surface area contributed by atoms with Crippen molar-refractivity contribution in [3.8, 4) is 0 Å². The van der Waals surface area contributed by atoms with Gasteiger partial charge in [-0.1, -0.05) is 17.8 Å². The van der Waals surface area contributed by atoms with Crippen molar-refractivity contribution in [3.63, 3.8) is 0 Å². The van der Waals surface area contributed by atoms with Crippen LogP contribution in [-0.2, 0) is 6.42 Å². The van der Waals surface area contributed by atoms with Gasteiger partial charge in [0.05, 0.1) is 5.69 Å². The molecule has 0 spiro atoms. The van der Waals surface area contributed by atoms with Gasteiger partial charge in [0.25, 0.3) is 0 Å². The Labute approximate surface area is 137 Å². The lowest BCUT2D eigenvalue weighted by Crippen LogP contribution is -2.46. The lowest BCUT2D eigenvalue weighted by molar-refractivity contribution is 0.141. The smallest absolute Gasteiger partial charge is 0.187 e. The quantitative estimate of drug-likeness (QED) is 0.834. The van der Waals surface area contributed by atoms with Crippen LogP contribution < -0.4 is 4.90 Å². The number of aryl methyl sites for hydroxylation is 1. The summed E-state index contributed by atoms with van der Waals surface area (Å²) >= 11 is 1.80. The minimum absolute atomic E-state index is 0.811. The van der Waals surface area contributed by atoms with Gasteiger partial charge in [-0.15, -0.1) is 0 Å². The molecule has 1 aromatic rings. The average Bonchev–Trinajstić information content (AvgIpc) is 2.99. The van der Waals surface area contributed by atoms with Gasteiger partial charge in [-0.2, -0.15) is 0 Å². The largest absolute Gasteiger partial charge is 0.348 e. The molecule has 3 aliphatic heterocycles. The highest BCUT2D eigenvalue weighted by molar-refractivity contribution is 7.19. The summed E-state index contributed by atoms with van der Waals surface area (Å²) in [6.45, 7) is 7.10. The van der Waals surface area contributed by atoms with Gasteiger partial charge in [-0.3, -0.25) is 0 Å². The predicted molar refractivity (Wildman–Crippen MR) is 93.9 cm³/mol. The van der Waals surface area contributed by atoms with E-state index in [1.165, 1.54) is 61.7 Å². The minimum atomic E-state index is 0.811. The Balaban J connectivity index is 1.39. The third kappa shape index (κ3) is 2.93. The lowest BCUT2D eigenvalue weighted by atomic mass is 10.0. The number of piperidine rings is 2. The first kappa shape index (κ1) is 14.6. The van der Waals surface area contributed by atoms with Gasteiger partial charge >= 0.3 is 0 Å². The third-order valence-corrected chi connectivity index (χ3v) is 6.38. The Hall–Kier alpha value is -0.940. The standard InChI is InChI=1S/C17H26N4S/c1-13-5-6-15-16(18-13)22-17(19-15)21-11-7-14(8-12-21)20-9-3-2-4-10-20/h14H,2-12H2,1H3. The number of fused-ring (bicyclic) bond motifs is 1. The molecule has 120 valence electrons. The average molecular weight is 318 g/mol. The predicted octanol–water partition coefficient (Wildman–Crippen LogP) is 3.64. The van der Waals surface area contributed by atoms with E-state index in [2.05, 4.69) is 21.7 Å². The number of anilines is 1. The van der Waals surface area contributed by atoms with E-state index in [-0.39, 0.29) is 0 Å². The number of aliphatic imine (C=N–C) groups is 1. The molecule has 0 aliphatic carbocycles. The molecule has 2 saturated heterocycles. The second-order valence-electron chi connectivity index (χ2n) is 6.91. The molecule has 0 aromatic carbocycles. The van der Waals surface area contributed by atoms with Crippen LogP contribution in [0.4, 0.5) is 10.1 Å². The first-order chi connectivity index (χ1) is 10.8. The van der Waals surface area contributed by atoms with Crippen molar-refractivity contribution in [1.82, 2.24) is 9.88 Å². The summed E-state index contributed by atoms with van der Waals surface area (Å²) in [7, 11) is 0. The Morgan fingerprint density at radius 3 is 2.55 bits per heavy atom. The molecule has 0 atom stereocenters. The number of hydrogen-bond acceptors (Lipinski definition) is 5. The van der Waals surface area contributed by atoms with Gasteiger partial charge in [-0.05, 0) is 58.5 Å². The molecule has 0 radical (unpaired) electrons. The molecule has 0 N–H and O–H groups in total. The fourth-order valence-corrected chi connectivity index (χ4v) is 5.06. The maximum Gasteiger partial charge on any atom is 0.187 e. The molecule has 0 saturated carbocycles. The summed E-state index contributed by atoms with van der Waals surface area (Å²) in [6.07, 6.45) is 8.98. The van der Waals surface area contributed by atoms with E-state index in [4.69, 9.17) is 4.98 Å². The summed E-state index contributed by atoms with van der Waals surface area (Å²) in [5.41, 5.74) is 2.48. The highest BCUT2D eigenvalue weighted by atomic mass is 32.1. The number of rotatable bonds is 2. The zero-order valence-corrected chi connectivity index (χ0v) is 14.4. The molecular formula is C17H26N4S. The SMILES string of the molecule is CC1=Nc2sc(N3CCC(N4CCCCC4)CC3)nc2CC1. The first-order valence-corrected chi connectivity index (χ1v) is 9.64. The van der Waals surface area contributed by atoms with Crippen LogP contribution in [0.3, 0.4) is 0 Å². The van der Waals surface area contributed by atoms with Crippen LogP contribution >= 0.6 is 11.3 Å². The third-order valence-electron chi connectivity index (χ3n) is 5.32. The molecule has 0 amide bonds. The Kier molecular flexibility index (Phi) is 4.18. The second kappa shape index (κ2) is 6.28. The summed E-state index contributed by atoms with van der Waals surface area (Å²) in [4.78, 5) is 14.8. The first-order valence-electron chi connectivity index (χ1n) is 8.82. The summed E-state index contributed by atoms with van der Waals surface area (Å²) in [6, 6.07) is 0.811. The van der Waals surface area contributed by atoms with Gasteiger partial charge in [0.1, 0.15) is 5.00 Å². The van der Waals surface area contributed by atoms with Crippen LogP contribution in [0.2, 0.25) is 0 Å². The summed E-state index contributed by atoms with van der Waals surface area (Å²) in [5.74, 6) is 0. The molecule has 3 aliphatic rings. The molecular weight excluding hydrogens is 292 g/mol. The molecule has 22 heavy (non-hydrogen) atoms. The Bertz CT molecular complexity index is 551. The zero-order valence-electron chi connectivity index (χ0n) is 13.6. The number of nitrogens with zero attached hydrogens (tertiary/aromatic N) is 4. The molecule has 5 heteroatoms. The summed E-state index contributed by atoms with van der Waals surface area (Å²) in [5, 5.41) is 2.37. The number of likely N-dealkylation sites (tertiary alicyclic amines) is 1. The molecule has 0 unspecified atom stereocenters. The van der Waals surface area contributed by atoms with Crippen molar-refractivity contribution in [1.29, 1.82) is 0 Å². The van der Waals surface area contributed by atoms with Crippen molar-refractivity contribution >= 4 is 27.2 Å². The van der Waals surface area contributed by atoms with Crippen LogP contribution in [-0.4, -0.2) is 47.8 Å². The van der Waals surface area contributed by atoms with Crippen LogP contribution in [0, 0.1) is 0 Å². The number of aromatic nitrogens is 1. The fourth-order valence-electron chi connectivity index (χ4n) is 3.95. The normalized spacial score (nSPS) is 24.2. The van der Waals surface area contributed by atoms with Crippen LogP contribution in [0.15, 0.2) is 4.99 Å². The molecule has 0 bridgehead atoms. The van der Waals surface area contributed by atoms with Gasteiger partial charge in [0.2, 0.25) is 0 Å². The van der Waals surface area contributed by atoms with Crippen molar-refractivity contribution in [2.75, 3.05) is 31.1 Å². The van der Waals surface area contributed by atoms with Gasteiger partial charge in [-0.25, -0.2) is 9.98 Å². The molecule has 1 aromatic heterocycles. The van der Waals surface area contributed by atoms with Crippen molar-refractivity contribution in [2.24, 2.45) is 4.99 Å². The van der Waals surface area contributed by atoms with Crippen LogP contribution in [0.5, 0.6) is 0 Å². The van der Waals surface area contributed by atoms with E-state index < -0.39 is 0 Å². The maximum absolute atomic E-state index is 4.87. The second-order valence-corrected chi connectivity index (χ2v) is 7.87. The van der Waals surface area contributed by atoms with Crippen LogP contribution in [0.1, 0.15) is 51.1 Å². The highest BCUT2D eigenvalue weighted by Crippen LogP contribution is 2.38. The van der Waals surface area contributed by atoms with E-state index in [9.17, 15) is 0 Å². The minimum Gasteiger partial charge on any atom is -0.348 e. The number of hydrogen-bond donors (Lipinski definition) is 0. The molecule has 4 rings (SSSR count). The Morgan fingerprint density at radius 1 is 1.00 bits per heavy atom. The van der Waals surface area contributed by atoms with E-state index in [0.717, 1.165) is 37.0 Å². The van der Waals surface area contributed by atoms with Crippen molar-refractivity contribution < 1.29 is 0 Å². The Morgan fingerprint density at radius 2 is 1.77 bits per heavy atom. The molecule has 2 fully saturated rings. The maximum atomic E-state index is 4.87. The van der Waals surface area contributed by atoms with Gasteiger partial charge in [0, 0.05) is 24.8 Å². The van der Waals surface area contributed by atoms with Gasteiger partial charge in [0.15, 0.2) is 5.13 Å². The van der Waals surface area contributed by atoms with Gasteiger partial charge < -0.3 is 9.80 Å². The zero-order chi connectivity index (χ0) is 14.9. The van der Waals surface area contributed by atoms with Crippen molar-refractivity contribution in [2.45, 2.75) is 57.9 Å². The van der Waals surface area contributed by atoms with Crippen molar-refractivity contribution in [3.05, 3.63) is 5.69 Å².